The summed E-state index contributed by atoms with van der Waals surface area (Å²) in [5, 5.41) is 8.52. The van der Waals surface area contributed by atoms with Gasteiger partial charge in [0.05, 0.1) is 18.9 Å². The number of carbonyl (C=O) groups is 2. The quantitative estimate of drug-likeness (QED) is 0.647. The van der Waals surface area contributed by atoms with E-state index in [1.165, 1.54) is 7.11 Å². The first kappa shape index (κ1) is 10.9. The molecule has 0 aromatic heterocycles. The Kier molecular flexibility index (Phi) is 3.73. The molecular formula is C8H14O4. The van der Waals surface area contributed by atoms with E-state index in [0.717, 1.165) is 0 Å². The molecule has 0 aromatic carbocycles. The maximum absolute atomic E-state index is 11.1. The predicted octanol–water partition coefficient (Wildman–Crippen LogP) is 1.05. The van der Waals surface area contributed by atoms with E-state index in [1.807, 2.05) is 0 Å². The molecule has 4 nitrogen and oxygen atoms in total. The fraction of sp³-hybridized carbons (Fsp3) is 0.750. The smallest absolute Gasteiger partial charge is 0.312 e. The van der Waals surface area contributed by atoms with Gasteiger partial charge in [-0.3, -0.25) is 9.59 Å². The van der Waals surface area contributed by atoms with E-state index in [0.29, 0.717) is 6.42 Å². The molecule has 0 saturated heterocycles. The fourth-order valence-electron chi connectivity index (χ4n) is 0.922. The normalized spacial score (nSPS) is 14.9. The summed E-state index contributed by atoms with van der Waals surface area (Å²) in [6.45, 7) is 3.35. The summed E-state index contributed by atoms with van der Waals surface area (Å²) in [6.07, 6.45) is 0.280. The van der Waals surface area contributed by atoms with E-state index in [4.69, 9.17) is 5.11 Å². The molecule has 0 aliphatic heterocycles. The van der Waals surface area contributed by atoms with Crippen LogP contribution in [0.5, 0.6) is 0 Å². The molecule has 1 atom stereocenters. The van der Waals surface area contributed by atoms with Crippen LogP contribution in [0.4, 0.5) is 0 Å². The third-order valence-electron chi connectivity index (χ3n) is 2.00. The molecule has 0 spiro atoms. The maximum Gasteiger partial charge on any atom is 0.312 e. The molecule has 0 heterocycles. The number of hydrogen-bond acceptors (Lipinski definition) is 3. The first-order valence-electron chi connectivity index (χ1n) is 3.76. The van der Waals surface area contributed by atoms with Crippen LogP contribution in [-0.2, 0) is 14.3 Å². The SMILES string of the molecule is CC[C@](C)(CC(=O)O)C(=O)OC. The van der Waals surface area contributed by atoms with Gasteiger partial charge in [0.2, 0.25) is 0 Å². The van der Waals surface area contributed by atoms with Crippen molar-refractivity contribution in [3.8, 4) is 0 Å². The number of aliphatic carboxylic acids is 1. The van der Waals surface area contributed by atoms with Gasteiger partial charge in [-0.2, -0.15) is 0 Å². The highest BCUT2D eigenvalue weighted by Gasteiger charge is 2.34. The maximum atomic E-state index is 11.1. The number of ether oxygens (including phenoxy) is 1. The van der Waals surface area contributed by atoms with Crippen molar-refractivity contribution < 1.29 is 19.4 Å². The van der Waals surface area contributed by atoms with Crippen molar-refractivity contribution in [3.63, 3.8) is 0 Å². The highest BCUT2D eigenvalue weighted by molar-refractivity contribution is 5.82. The van der Waals surface area contributed by atoms with Gasteiger partial charge in [-0.05, 0) is 13.3 Å². The summed E-state index contributed by atoms with van der Waals surface area (Å²) in [6, 6.07) is 0. The minimum Gasteiger partial charge on any atom is -0.481 e. The van der Waals surface area contributed by atoms with Crippen molar-refractivity contribution in [2.75, 3.05) is 7.11 Å². The van der Waals surface area contributed by atoms with E-state index in [-0.39, 0.29) is 6.42 Å². The Hall–Kier alpha value is -1.06. The molecule has 0 fully saturated rings. The number of esters is 1. The molecule has 0 rings (SSSR count). The summed E-state index contributed by atoms with van der Waals surface area (Å²) < 4.78 is 4.50. The number of hydrogen-bond donors (Lipinski definition) is 1. The Balaban J connectivity index is 4.44. The summed E-state index contributed by atoms with van der Waals surface area (Å²) in [4.78, 5) is 21.5. The van der Waals surface area contributed by atoms with Crippen molar-refractivity contribution in [1.29, 1.82) is 0 Å². The van der Waals surface area contributed by atoms with Crippen molar-refractivity contribution >= 4 is 11.9 Å². The van der Waals surface area contributed by atoms with Gasteiger partial charge in [-0.25, -0.2) is 0 Å². The third kappa shape index (κ3) is 2.53. The van der Waals surface area contributed by atoms with Crippen molar-refractivity contribution in [2.45, 2.75) is 26.7 Å². The fourth-order valence-corrected chi connectivity index (χ4v) is 0.922. The number of carboxylic acid groups (broad SMARTS) is 1. The lowest BCUT2D eigenvalue weighted by Crippen LogP contribution is -2.31. The van der Waals surface area contributed by atoms with Gasteiger partial charge in [-0.1, -0.05) is 6.92 Å². The average molecular weight is 174 g/mol. The number of carbonyl (C=O) groups excluding carboxylic acids is 1. The Bertz CT molecular complexity index is 187. The van der Waals surface area contributed by atoms with Crippen molar-refractivity contribution in [1.82, 2.24) is 0 Å². The molecule has 0 saturated carbocycles. The summed E-state index contributed by atoms with van der Waals surface area (Å²) in [5.74, 6) is -1.45. The van der Waals surface area contributed by atoms with Crippen LogP contribution < -0.4 is 0 Å². The van der Waals surface area contributed by atoms with Crippen LogP contribution in [0.3, 0.4) is 0 Å². The van der Waals surface area contributed by atoms with E-state index in [1.54, 1.807) is 13.8 Å². The molecule has 0 radical (unpaired) electrons. The van der Waals surface area contributed by atoms with Gasteiger partial charge < -0.3 is 9.84 Å². The second-order valence-corrected chi connectivity index (χ2v) is 2.98. The summed E-state index contributed by atoms with van der Waals surface area (Å²) in [7, 11) is 1.26. The molecule has 0 amide bonds. The second kappa shape index (κ2) is 4.09. The van der Waals surface area contributed by atoms with Crippen LogP contribution in [0.2, 0.25) is 0 Å². The topological polar surface area (TPSA) is 63.6 Å². The zero-order valence-electron chi connectivity index (χ0n) is 7.59. The molecule has 4 heteroatoms. The third-order valence-corrected chi connectivity index (χ3v) is 2.00. The Labute approximate surface area is 71.5 Å². The van der Waals surface area contributed by atoms with Gasteiger partial charge in [0, 0.05) is 0 Å². The Morgan fingerprint density at radius 3 is 2.25 bits per heavy atom. The lowest BCUT2D eigenvalue weighted by molar-refractivity contribution is -0.157. The van der Waals surface area contributed by atoms with Crippen LogP contribution in [0.1, 0.15) is 26.7 Å². The standard InChI is InChI=1S/C8H14O4/c1-4-8(2,5-6(9)10)7(11)12-3/h4-5H2,1-3H3,(H,9,10)/t8-/m1/s1. The minimum atomic E-state index is -0.982. The number of carboxylic acids is 1. The molecule has 0 unspecified atom stereocenters. The van der Waals surface area contributed by atoms with Gasteiger partial charge in [-0.15, -0.1) is 0 Å². The van der Waals surface area contributed by atoms with Crippen molar-refractivity contribution in [3.05, 3.63) is 0 Å². The highest BCUT2D eigenvalue weighted by atomic mass is 16.5. The molecule has 1 N–H and O–H groups in total. The van der Waals surface area contributed by atoms with E-state index >= 15 is 0 Å². The van der Waals surface area contributed by atoms with Crippen LogP contribution in [-0.4, -0.2) is 24.2 Å². The Morgan fingerprint density at radius 2 is 2.00 bits per heavy atom. The Morgan fingerprint density at radius 1 is 1.50 bits per heavy atom. The van der Waals surface area contributed by atoms with Gasteiger partial charge >= 0.3 is 11.9 Å². The van der Waals surface area contributed by atoms with Gasteiger partial charge in [0.1, 0.15) is 0 Å². The summed E-state index contributed by atoms with van der Waals surface area (Å²) >= 11 is 0. The van der Waals surface area contributed by atoms with E-state index in [2.05, 4.69) is 4.74 Å². The molecular weight excluding hydrogens is 160 g/mol. The molecule has 12 heavy (non-hydrogen) atoms. The second-order valence-electron chi connectivity index (χ2n) is 2.98. The minimum absolute atomic E-state index is 0.184. The molecule has 0 aliphatic carbocycles. The number of rotatable bonds is 4. The lowest BCUT2D eigenvalue weighted by atomic mass is 9.84. The number of methoxy groups -OCH3 is 1. The average Bonchev–Trinajstić information content (AvgIpc) is 2.01. The lowest BCUT2D eigenvalue weighted by Gasteiger charge is -2.22. The van der Waals surface area contributed by atoms with Crippen molar-refractivity contribution in [2.24, 2.45) is 5.41 Å². The zero-order valence-corrected chi connectivity index (χ0v) is 7.59. The van der Waals surface area contributed by atoms with Crippen LogP contribution in [0.25, 0.3) is 0 Å². The first-order valence-corrected chi connectivity index (χ1v) is 3.76. The summed E-state index contributed by atoms with van der Waals surface area (Å²) in [5.41, 5.74) is -0.888. The molecule has 0 bridgehead atoms. The molecule has 0 aromatic rings. The zero-order chi connectivity index (χ0) is 9.78. The van der Waals surface area contributed by atoms with Crippen LogP contribution in [0.15, 0.2) is 0 Å². The van der Waals surface area contributed by atoms with Crippen LogP contribution in [0, 0.1) is 5.41 Å². The predicted molar refractivity (Wildman–Crippen MR) is 42.7 cm³/mol. The highest BCUT2D eigenvalue weighted by Crippen LogP contribution is 2.26. The molecule has 70 valence electrons. The van der Waals surface area contributed by atoms with E-state index in [9.17, 15) is 9.59 Å². The largest absolute Gasteiger partial charge is 0.481 e. The molecule has 0 aliphatic rings. The van der Waals surface area contributed by atoms with Crippen LogP contribution >= 0.6 is 0 Å². The first-order chi connectivity index (χ1) is 5.46. The van der Waals surface area contributed by atoms with Gasteiger partial charge in [0.25, 0.3) is 0 Å². The monoisotopic (exact) mass is 174 g/mol. The van der Waals surface area contributed by atoms with E-state index < -0.39 is 17.4 Å². The van der Waals surface area contributed by atoms with Gasteiger partial charge in [0.15, 0.2) is 0 Å².